The molecule has 0 aliphatic carbocycles. The molecular weight excluding hydrogens is 487 g/mol. The van der Waals surface area contributed by atoms with Crippen LogP contribution in [-0.4, -0.2) is 17.9 Å². The number of rotatable bonds is 5. The number of hydrogen-bond donors (Lipinski definition) is 3. The van der Waals surface area contributed by atoms with Gasteiger partial charge in [-0.1, -0.05) is 48.0 Å². The van der Waals surface area contributed by atoms with E-state index < -0.39 is 40.8 Å². The van der Waals surface area contributed by atoms with Gasteiger partial charge < -0.3 is 20.7 Å². The van der Waals surface area contributed by atoms with Crippen LogP contribution >= 0.6 is 11.6 Å². The average molecular weight is 504 g/mol. The van der Waals surface area contributed by atoms with Crippen LogP contribution in [0.15, 0.2) is 66.7 Å². The molecule has 0 fully saturated rings. The van der Waals surface area contributed by atoms with Gasteiger partial charge in [0.15, 0.2) is 0 Å². The van der Waals surface area contributed by atoms with Crippen molar-refractivity contribution >= 4 is 40.9 Å². The van der Waals surface area contributed by atoms with Crippen LogP contribution in [0.2, 0.25) is 5.02 Å². The summed E-state index contributed by atoms with van der Waals surface area (Å²) in [6.07, 6.45) is -6.19. The SMILES string of the molecule is O=C1NCc2ccc(C(=O)OC(C(=O)Nc3ccc(Cl)c(C(F)(F)F)c3)c3ccccc3)cc2N1. The Bertz CT molecular complexity index is 1300. The van der Waals surface area contributed by atoms with Gasteiger partial charge in [-0.25, -0.2) is 9.59 Å². The number of amides is 3. The molecule has 0 radical (unpaired) electrons. The van der Waals surface area contributed by atoms with Gasteiger partial charge in [-0.05, 0) is 35.9 Å². The Labute approximate surface area is 202 Å². The molecule has 1 aliphatic rings. The molecule has 1 heterocycles. The maximum absolute atomic E-state index is 13.2. The summed E-state index contributed by atoms with van der Waals surface area (Å²) in [5.41, 5.74) is 0.263. The maximum atomic E-state index is 13.2. The van der Waals surface area contributed by atoms with Crippen molar-refractivity contribution in [2.75, 3.05) is 10.6 Å². The molecule has 4 rings (SSSR count). The number of carbonyl (C=O) groups excluding carboxylic acids is 3. The quantitative estimate of drug-likeness (QED) is 0.399. The average Bonchev–Trinajstić information content (AvgIpc) is 2.82. The number of anilines is 2. The first-order valence-corrected chi connectivity index (χ1v) is 10.6. The highest BCUT2D eigenvalue weighted by Crippen LogP contribution is 2.36. The topological polar surface area (TPSA) is 96.5 Å². The standard InChI is InChI=1S/C24H17ClF3N3O4/c25-18-9-8-16(11-17(18)24(26,27)28)30-21(32)20(13-4-2-1-3-5-13)35-22(33)14-6-7-15-12-29-23(34)31-19(15)10-14/h1-11,20H,12H2,(H,30,32)(H2,29,31,34). The summed E-state index contributed by atoms with van der Waals surface area (Å²) in [6.45, 7) is 0.284. The van der Waals surface area contributed by atoms with E-state index in [0.717, 1.165) is 11.6 Å². The fourth-order valence-electron chi connectivity index (χ4n) is 3.42. The number of alkyl halides is 3. The van der Waals surface area contributed by atoms with Crippen LogP contribution in [0.3, 0.4) is 0 Å². The van der Waals surface area contributed by atoms with Gasteiger partial charge in [-0.15, -0.1) is 0 Å². The molecule has 3 amide bonds. The van der Waals surface area contributed by atoms with Crippen molar-refractivity contribution in [3.05, 3.63) is 94.0 Å². The van der Waals surface area contributed by atoms with Crippen LogP contribution in [0, 0.1) is 0 Å². The molecule has 0 bridgehead atoms. The first-order chi connectivity index (χ1) is 16.6. The lowest BCUT2D eigenvalue weighted by Gasteiger charge is -2.21. The predicted molar refractivity (Wildman–Crippen MR) is 122 cm³/mol. The molecule has 3 N–H and O–H groups in total. The van der Waals surface area contributed by atoms with E-state index in [1.165, 1.54) is 18.2 Å². The number of halogens is 4. The van der Waals surface area contributed by atoms with Crippen LogP contribution in [-0.2, 0) is 22.3 Å². The van der Waals surface area contributed by atoms with Crippen LogP contribution in [0.5, 0.6) is 0 Å². The molecule has 0 aromatic heterocycles. The molecule has 180 valence electrons. The van der Waals surface area contributed by atoms with Gasteiger partial charge in [0.25, 0.3) is 5.91 Å². The molecule has 1 unspecified atom stereocenters. The number of esters is 1. The third-order valence-electron chi connectivity index (χ3n) is 5.14. The molecule has 1 aliphatic heterocycles. The molecule has 11 heteroatoms. The third-order valence-corrected chi connectivity index (χ3v) is 5.47. The summed E-state index contributed by atoms with van der Waals surface area (Å²) in [5, 5.41) is 7.01. The Morgan fingerprint density at radius 1 is 1.03 bits per heavy atom. The lowest BCUT2D eigenvalue weighted by atomic mass is 10.1. The Kier molecular flexibility index (Phi) is 6.65. The van der Waals surface area contributed by atoms with E-state index in [-0.39, 0.29) is 17.8 Å². The normalized spacial score (nSPS) is 13.7. The minimum absolute atomic E-state index is 0.0746. The Balaban J connectivity index is 1.59. The molecule has 3 aromatic carbocycles. The number of urea groups is 1. The highest BCUT2D eigenvalue weighted by molar-refractivity contribution is 6.31. The molecule has 3 aromatic rings. The Morgan fingerprint density at radius 2 is 1.77 bits per heavy atom. The molecule has 0 saturated heterocycles. The van der Waals surface area contributed by atoms with Crippen LogP contribution < -0.4 is 16.0 Å². The number of hydrogen-bond acceptors (Lipinski definition) is 4. The summed E-state index contributed by atoms with van der Waals surface area (Å²) in [4.78, 5) is 37.5. The molecule has 0 saturated carbocycles. The smallest absolute Gasteiger partial charge is 0.417 e. The molecule has 0 spiro atoms. The van der Waals surface area contributed by atoms with Gasteiger partial charge in [0.1, 0.15) is 0 Å². The summed E-state index contributed by atoms with van der Waals surface area (Å²) < 4.78 is 45.1. The number of nitrogens with one attached hydrogen (secondary N) is 3. The second-order valence-corrected chi connectivity index (χ2v) is 7.96. The summed E-state index contributed by atoms with van der Waals surface area (Å²) in [5.74, 6) is -1.73. The van der Waals surface area contributed by atoms with E-state index in [1.54, 1.807) is 36.4 Å². The van der Waals surface area contributed by atoms with Crippen molar-refractivity contribution < 1.29 is 32.3 Å². The number of ether oxygens (including phenoxy) is 1. The Hall–Kier alpha value is -4.05. The van der Waals surface area contributed by atoms with Crippen molar-refractivity contribution in [1.82, 2.24) is 5.32 Å². The highest BCUT2D eigenvalue weighted by atomic mass is 35.5. The van der Waals surface area contributed by atoms with Crippen molar-refractivity contribution in [1.29, 1.82) is 0 Å². The summed E-state index contributed by atoms with van der Waals surface area (Å²) in [7, 11) is 0. The predicted octanol–water partition coefficient (Wildman–Crippen LogP) is 5.53. The van der Waals surface area contributed by atoms with Crippen molar-refractivity contribution in [2.24, 2.45) is 0 Å². The van der Waals surface area contributed by atoms with Crippen molar-refractivity contribution in [2.45, 2.75) is 18.8 Å². The number of benzene rings is 3. The van der Waals surface area contributed by atoms with Crippen LogP contribution in [0.4, 0.5) is 29.3 Å². The zero-order valence-electron chi connectivity index (χ0n) is 17.8. The second-order valence-electron chi connectivity index (χ2n) is 7.56. The van der Waals surface area contributed by atoms with E-state index in [1.807, 2.05) is 0 Å². The largest absolute Gasteiger partial charge is 0.444 e. The molecule has 1 atom stereocenters. The van der Waals surface area contributed by atoms with E-state index >= 15 is 0 Å². The van der Waals surface area contributed by atoms with E-state index in [4.69, 9.17) is 16.3 Å². The van der Waals surface area contributed by atoms with E-state index in [2.05, 4.69) is 16.0 Å². The van der Waals surface area contributed by atoms with Gasteiger partial charge in [0, 0.05) is 23.5 Å². The van der Waals surface area contributed by atoms with Crippen LogP contribution in [0.1, 0.15) is 33.2 Å². The van der Waals surface area contributed by atoms with Gasteiger partial charge in [0.05, 0.1) is 16.1 Å². The fourth-order valence-corrected chi connectivity index (χ4v) is 3.64. The lowest BCUT2D eigenvalue weighted by Crippen LogP contribution is -2.33. The van der Waals surface area contributed by atoms with Crippen molar-refractivity contribution in [3.8, 4) is 0 Å². The van der Waals surface area contributed by atoms with Crippen LogP contribution in [0.25, 0.3) is 0 Å². The second kappa shape index (κ2) is 9.67. The summed E-state index contributed by atoms with van der Waals surface area (Å²) in [6, 6.07) is 15.0. The Morgan fingerprint density at radius 3 is 2.49 bits per heavy atom. The van der Waals surface area contributed by atoms with E-state index in [0.29, 0.717) is 17.3 Å². The van der Waals surface area contributed by atoms with Gasteiger partial charge in [0.2, 0.25) is 6.10 Å². The maximum Gasteiger partial charge on any atom is 0.417 e. The monoisotopic (exact) mass is 503 g/mol. The van der Waals surface area contributed by atoms with Gasteiger partial charge in [-0.2, -0.15) is 13.2 Å². The minimum Gasteiger partial charge on any atom is -0.444 e. The first kappa shape index (κ1) is 24.1. The molecule has 7 nitrogen and oxygen atoms in total. The molecule has 35 heavy (non-hydrogen) atoms. The highest BCUT2D eigenvalue weighted by Gasteiger charge is 2.34. The first-order valence-electron chi connectivity index (χ1n) is 10.2. The third kappa shape index (κ3) is 5.55. The fraction of sp³-hybridized carbons (Fsp3) is 0.125. The number of fused-ring (bicyclic) bond motifs is 1. The van der Waals surface area contributed by atoms with E-state index in [9.17, 15) is 27.6 Å². The zero-order valence-corrected chi connectivity index (χ0v) is 18.5. The lowest BCUT2D eigenvalue weighted by molar-refractivity contribution is -0.137. The van der Waals surface area contributed by atoms with Gasteiger partial charge >= 0.3 is 18.2 Å². The molecular formula is C24H17ClF3N3O4. The number of carbonyl (C=O) groups is 3. The van der Waals surface area contributed by atoms with Crippen molar-refractivity contribution in [3.63, 3.8) is 0 Å². The summed E-state index contributed by atoms with van der Waals surface area (Å²) >= 11 is 5.64. The minimum atomic E-state index is -4.72. The zero-order chi connectivity index (χ0) is 25.2. The van der Waals surface area contributed by atoms with Gasteiger partial charge in [-0.3, -0.25) is 4.79 Å².